The Morgan fingerprint density at radius 2 is 1.12 bits per heavy atom. The van der Waals surface area contributed by atoms with Crippen LogP contribution < -0.4 is 5.56 Å². The van der Waals surface area contributed by atoms with Crippen LogP contribution in [0.2, 0.25) is 0 Å². The lowest BCUT2D eigenvalue weighted by atomic mass is 9.95. The van der Waals surface area contributed by atoms with Crippen molar-refractivity contribution in [3.8, 4) is 27.9 Å². The molecule has 0 saturated heterocycles. The van der Waals surface area contributed by atoms with Gasteiger partial charge in [0.1, 0.15) is 22.3 Å². The van der Waals surface area contributed by atoms with Crippen LogP contribution in [-0.4, -0.2) is 14.0 Å². The van der Waals surface area contributed by atoms with Gasteiger partial charge in [0, 0.05) is 21.5 Å². The lowest BCUT2D eigenvalue weighted by molar-refractivity contribution is 0.669. The van der Waals surface area contributed by atoms with Crippen LogP contribution in [0.5, 0.6) is 0 Å². The van der Waals surface area contributed by atoms with E-state index in [2.05, 4.69) is 52.9 Å². The van der Waals surface area contributed by atoms with Gasteiger partial charge in [-0.3, -0.25) is 9.20 Å². The first-order valence-electron chi connectivity index (χ1n) is 16.6. The first-order valence-corrected chi connectivity index (χ1v) is 16.6. The van der Waals surface area contributed by atoms with Crippen molar-refractivity contribution in [1.29, 1.82) is 0 Å². The zero-order valence-corrected chi connectivity index (χ0v) is 26.5. The highest BCUT2D eigenvalue weighted by atomic mass is 16.3. The molecule has 6 nitrogen and oxygen atoms in total. The van der Waals surface area contributed by atoms with Crippen LogP contribution in [0.4, 0.5) is 0 Å². The summed E-state index contributed by atoms with van der Waals surface area (Å²) in [6, 6.07) is 50.8. The first-order chi connectivity index (χ1) is 24.7. The van der Waals surface area contributed by atoms with Gasteiger partial charge in [-0.05, 0) is 89.0 Å². The maximum atomic E-state index is 14.2. The predicted octanol–water partition coefficient (Wildman–Crippen LogP) is 10.9. The summed E-state index contributed by atoms with van der Waals surface area (Å²) in [5.41, 5.74) is 10.8. The molecular weight excluding hydrogens is 619 g/mol. The second kappa shape index (κ2) is 10.0. The van der Waals surface area contributed by atoms with Gasteiger partial charge in [-0.1, -0.05) is 84.9 Å². The van der Waals surface area contributed by atoms with Crippen molar-refractivity contribution < 1.29 is 8.83 Å². The molecule has 0 aliphatic carbocycles. The van der Waals surface area contributed by atoms with Crippen LogP contribution in [-0.2, 0) is 0 Å². The zero-order chi connectivity index (χ0) is 32.9. The topological polar surface area (TPSA) is 65.6 Å². The number of hydrogen-bond donors (Lipinski definition) is 0. The fourth-order valence-corrected chi connectivity index (χ4v) is 7.74. The van der Waals surface area contributed by atoms with E-state index < -0.39 is 0 Å². The third kappa shape index (κ3) is 3.73. The Kier molecular flexibility index (Phi) is 5.44. The highest BCUT2D eigenvalue weighted by molar-refractivity contribution is 6.16. The zero-order valence-electron chi connectivity index (χ0n) is 26.5. The number of rotatable bonds is 3. The number of imidazole rings is 1. The molecule has 0 N–H and O–H groups in total. The largest absolute Gasteiger partial charge is 0.456 e. The lowest BCUT2D eigenvalue weighted by Crippen LogP contribution is -2.21. The third-order valence-corrected chi connectivity index (χ3v) is 9.95. The molecule has 4 aromatic heterocycles. The standard InChI is InChI=1S/C44H25N3O3/c48-43-31-22-20-27(25-36(31)47-35-16-6-5-15-34(35)45-44(47)46(43)28-10-2-1-3-11-28)30-14-9-19-40-42(30)33-24-26(21-23-38(33)50-40)29-13-8-18-39-41(29)32-12-4-7-17-37(32)49-39/h1-25H. The molecule has 0 amide bonds. The number of para-hydroxylation sites is 4. The van der Waals surface area contributed by atoms with Crippen LogP contribution >= 0.6 is 0 Å². The number of aromatic nitrogens is 3. The number of benzene rings is 7. The summed E-state index contributed by atoms with van der Waals surface area (Å²) < 4.78 is 16.5. The van der Waals surface area contributed by atoms with Crippen molar-refractivity contribution in [2.45, 2.75) is 0 Å². The summed E-state index contributed by atoms with van der Waals surface area (Å²) in [7, 11) is 0. The third-order valence-electron chi connectivity index (χ3n) is 9.95. The van der Waals surface area contributed by atoms with E-state index in [0.717, 1.165) is 88.4 Å². The van der Waals surface area contributed by atoms with Crippen LogP contribution in [0.3, 0.4) is 0 Å². The second-order valence-corrected chi connectivity index (χ2v) is 12.7. The molecule has 0 bridgehead atoms. The van der Waals surface area contributed by atoms with Gasteiger partial charge in [-0.2, -0.15) is 0 Å². The molecule has 0 unspecified atom stereocenters. The Hall–Kier alpha value is -6.92. The number of nitrogens with zero attached hydrogens (tertiary/aromatic N) is 3. The Bertz CT molecular complexity index is 3240. The average molecular weight is 644 g/mol. The van der Waals surface area contributed by atoms with Crippen LogP contribution in [0, 0.1) is 0 Å². The number of furan rings is 2. The van der Waals surface area contributed by atoms with E-state index in [1.54, 1.807) is 4.57 Å². The summed E-state index contributed by atoms with van der Waals surface area (Å²) >= 11 is 0. The van der Waals surface area contributed by atoms with Gasteiger partial charge >= 0.3 is 0 Å². The molecule has 0 atom stereocenters. The summed E-state index contributed by atoms with van der Waals surface area (Å²) in [4.78, 5) is 19.2. The van der Waals surface area contributed by atoms with Gasteiger partial charge in [-0.25, -0.2) is 9.55 Å². The smallest absolute Gasteiger partial charge is 0.267 e. The highest BCUT2D eigenvalue weighted by Gasteiger charge is 2.20. The van der Waals surface area contributed by atoms with Crippen LogP contribution in [0.25, 0.3) is 99.5 Å². The minimum Gasteiger partial charge on any atom is -0.456 e. The molecular formula is C44H25N3O3. The molecule has 50 heavy (non-hydrogen) atoms. The molecule has 0 spiro atoms. The van der Waals surface area contributed by atoms with E-state index in [1.165, 1.54) is 0 Å². The Morgan fingerprint density at radius 1 is 0.480 bits per heavy atom. The van der Waals surface area contributed by atoms with E-state index in [-0.39, 0.29) is 5.56 Å². The maximum absolute atomic E-state index is 14.2. The Morgan fingerprint density at radius 3 is 1.94 bits per heavy atom. The quantitative estimate of drug-likeness (QED) is 0.192. The molecule has 6 heteroatoms. The molecule has 0 aliphatic rings. The minimum absolute atomic E-state index is 0.113. The van der Waals surface area contributed by atoms with Gasteiger partial charge in [-0.15, -0.1) is 0 Å². The number of fused-ring (bicyclic) bond motifs is 11. The minimum atomic E-state index is -0.113. The second-order valence-electron chi connectivity index (χ2n) is 12.7. The molecule has 7 aromatic carbocycles. The van der Waals surface area contributed by atoms with Crippen molar-refractivity contribution in [3.05, 3.63) is 162 Å². The molecule has 0 saturated carbocycles. The Labute approximate surface area is 283 Å². The van der Waals surface area contributed by atoms with Gasteiger partial charge in [0.2, 0.25) is 5.78 Å². The molecule has 4 heterocycles. The average Bonchev–Trinajstić information content (AvgIpc) is 3.86. The van der Waals surface area contributed by atoms with E-state index in [4.69, 9.17) is 13.8 Å². The summed E-state index contributed by atoms with van der Waals surface area (Å²) in [6.07, 6.45) is 0. The fraction of sp³-hybridized carbons (Fsp3) is 0. The van der Waals surface area contributed by atoms with Crippen molar-refractivity contribution in [1.82, 2.24) is 14.0 Å². The van der Waals surface area contributed by atoms with Gasteiger partial charge in [0.25, 0.3) is 5.56 Å². The molecule has 234 valence electrons. The highest BCUT2D eigenvalue weighted by Crippen LogP contribution is 2.42. The molecule has 0 aliphatic heterocycles. The molecule has 11 rings (SSSR count). The molecule has 11 aromatic rings. The first kappa shape index (κ1) is 27.1. The van der Waals surface area contributed by atoms with E-state index in [0.29, 0.717) is 11.2 Å². The maximum Gasteiger partial charge on any atom is 0.267 e. The molecule has 0 radical (unpaired) electrons. The van der Waals surface area contributed by atoms with E-state index >= 15 is 0 Å². The van der Waals surface area contributed by atoms with E-state index in [1.807, 2.05) is 103 Å². The van der Waals surface area contributed by atoms with Gasteiger partial charge in [0.15, 0.2) is 0 Å². The summed E-state index contributed by atoms with van der Waals surface area (Å²) in [6.45, 7) is 0. The SMILES string of the molecule is O=c1c2ccc(-c3cccc4oc5ccc(-c6cccc7oc8ccccc8c67)cc5c34)cc2n2c3ccccc3nc2n1-c1ccccc1. The van der Waals surface area contributed by atoms with Crippen molar-refractivity contribution in [3.63, 3.8) is 0 Å². The van der Waals surface area contributed by atoms with Crippen molar-refractivity contribution in [2.24, 2.45) is 0 Å². The fourth-order valence-electron chi connectivity index (χ4n) is 7.74. The monoisotopic (exact) mass is 643 g/mol. The van der Waals surface area contributed by atoms with Gasteiger partial charge in [0.05, 0.1) is 27.6 Å². The van der Waals surface area contributed by atoms with Crippen LogP contribution in [0.1, 0.15) is 0 Å². The number of hydrogen-bond acceptors (Lipinski definition) is 4. The summed E-state index contributed by atoms with van der Waals surface area (Å²) in [5, 5.41) is 4.85. The van der Waals surface area contributed by atoms with Crippen molar-refractivity contribution >= 4 is 71.6 Å². The van der Waals surface area contributed by atoms with Crippen LogP contribution in [0.15, 0.2) is 165 Å². The predicted molar refractivity (Wildman–Crippen MR) is 201 cm³/mol. The van der Waals surface area contributed by atoms with Gasteiger partial charge < -0.3 is 8.83 Å². The Balaban J connectivity index is 1.18. The normalized spacial score (nSPS) is 12.1. The molecule has 0 fully saturated rings. The lowest BCUT2D eigenvalue weighted by Gasteiger charge is -2.13. The van der Waals surface area contributed by atoms with Crippen molar-refractivity contribution in [2.75, 3.05) is 0 Å². The summed E-state index contributed by atoms with van der Waals surface area (Å²) in [5.74, 6) is 0.574. The van der Waals surface area contributed by atoms with E-state index in [9.17, 15) is 4.79 Å².